The zero-order chi connectivity index (χ0) is 20.3. The number of ether oxygens (including phenoxy) is 1. The Kier molecular flexibility index (Phi) is 5.66. The Morgan fingerprint density at radius 2 is 1.75 bits per heavy atom. The maximum absolute atomic E-state index is 12.7. The lowest BCUT2D eigenvalue weighted by Gasteiger charge is -2.19. The van der Waals surface area contributed by atoms with Gasteiger partial charge in [0.05, 0.1) is 6.61 Å². The summed E-state index contributed by atoms with van der Waals surface area (Å²) in [6, 6.07) is 14.8. The predicted molar refractivity (Wildman–Crippen MR) is 113 cm³/mol. The monoisotopic (exact) mass is 378 g/mol. The lowest BCUT2D eigenvalue weighted by molar-refractivity contribution is 0.102. The second-order valence-electron chi connectivity index (χ2n) is 7.86. The molecule has 0 bridgehead atoms. The van der Waals surface area contributed by atoms with Crippen molar-refractivity contribution in [2.75, 3.05) is 19.0 Å². The molecular formula is C23H26N2O3. The quantitative estimate of drug-likeness (QED) is 0.724. The Morgan fingerprint density at radius 1 is 1.04 bits per heavy atom. The molecule has 0 saturated carbocycles. The van der Waals surface area contributed by atoms with E-state index in [-0.39, 0.29) is 16.9 Å². The molecule has 5 nitrogen and oxygen atoms in total. The van der Waals surface area contributed by atoms with Gasteiger partial charge in [0.25, 0.3) is 11.5 Å². The Bertz CT molecular complexity index is 1040. The average Bonchev–Trinajstić information content (AvgIpc) is 2.67. The summed E-state index contributed by atoms with van der Waals surface area (Å²) in [5, 5.41) is 4.23. The number of benzene rings is 2. The van der Waals surface area contributed by atoms with Gasteiger partial charge < -0.3 is 14.6 Å². The topological polar surface area (TPSA) is 60.3 Å². The fourth-order valence-corrected chi connectivity index (χ4v) is 3.11. The number of carbonyl (C=O) groups excluding carboxylic acids is 1. The van der Waals surface area contributed by atoms with E-state index in [0.29, 0.717) is 29.8 Å². The first-order chi connectivity index (χ1) is 13.3. The van der Waals surface area contributed by atoms with E-state index in [0.717, 1.165) is 5.39 Å². The van der Waals surface area contributed by atoms with Gasteiger partial charge in [-0.15, -0.1) is 0 Å². The van der Waals surface area contributed by atoms with Crippen LogP contribution in [0.5, 0.6) is 0 Å². The number of hydrogen-bond donors (Lipinski definition) is 1. The van der Waals surface area contributed by atoms with Crippen LogP contribution in [-0.4, -0.2) is 24.2 Å². The zero-order valence-electron chi connectivity index (χ0n) is 16.8. The van der Waals surface area contributed by atoms with Gasteiger partial charge in [-0.05, 0) is 41.3 Å². The summed E-state index contributed by atoms with van der Waals surface area (Å²) in [5.74, 6) is -0.198. The maximum atomic E-state index is 12.7. The van der Waals surface area contributed by atoms with Gasteiger partial charge in [0, 0.05) is 41.9 Å². The van der Waals surface area contributed by atoms with Crippen LogP contribution in [-0.2, 0) is 16.7 Å². The molecule has 28 heavy (non-hydrogen) atoms. The van der Waals surface area contributed by atoms with Crippen LogP contribution in [0.2, 0.25) is 0 Å². The first-order valence-corrected chi connectivity index (χ1v) is 9.34. The molecule has 0 fully saturated rings. The first kappa shape index (κ1) is 19.8. The number of carbonyl (C=O) groups is 1. The van der Waals surface area contributed by atoms with Crippen molar-refractivity contribution < 1.29 is 9.53 Å². The van der Waals surface area contributed by atoms with Crippen molar-refractivity contribution in [3.05, 3.63) is 76.2 Å². The third kappa shape index (κ3) is 4.15. The molecular weight excluding hydrogens is 352 g/mol. The highest BCUT2D eigenvalue weighted by atomic mass is 16.5. The van der Waals surface area contributed by atoms with Crippen LogP contribution >= 0.6 is 0 Å². The largest absolute Gasteiger partial charge is 0.383 e. The van der Waals surface area contributed by atoms with E-state index in [1.54, 1.807) is 30.0 Å². The van der Waals surface area contributed by atoms with Gasteiger partial charge in [-0.25, -0.2) is 0 Å². The van der Waals surface area contributed by atoms with Crippen molar-refractivity contribution in [3.63, 3.8) is 0 Å². The van der Waals surface area contributed by atoms with E-state index in [1.165, 1.54) is 5.56 Å². The summed E-state index contributed by atoms with van der Waals surface area (Å²) in [4.78, 5) is 25.4. The average molecular weight is 378 g/mol. The lowest BCUT2D eigenvalue weighted by Crippen LogP contribution is -2.22. The highest BCUT2D eigenvalue weighted by Crippen LogP contribution is 2.24. The molecule has 0 atom stereocenters. The molecule has 5 heteroatoms. The van der Waals surface area contributed by atoms with E-state index >= 15 is 0 Å². The fraction of sp³-hybridized carbons (Fsp3) is 0.304. The molecule has 0 aliphatic rings. The highest BCUT2D eigenvalue weighted by molar-refractivity contribution is 6.09. The molecule has 146 valence electrons. The van der Waals surface area contributed by atoms with Gasteiger partial charge in [-0.1, -0.05) is 39.0 Å². The normalized spacial score (nSPS) is 11.6. The van der Waals surface area contributed by atoms with E-state index < -0.39 is 0 Å². The smallest absolute Gasteiger partial charge is 0.258 e. The van der Waals surface area contributed by atoms with Crippen LogP contribution in [0, 0.1) is 0 Å². The Balaban J connectivity index is 1.89. The molecule has 3 rings (SSSR count). The van der Waals surface area contributed by atoms with Gasteiger partial charge in [-0.2, -0.15) is 0 Å². The first-order valence-electron chi connectivity index (χ1n) is 9.34. The minimum absolute atomic E-state index is 0.0351. The van der Waals surface area contributed by atoms with Crippen molar-refractivity contribution in [1.29, 1.82) is 0 Å². The molecule has 0 spiro atoms. The van der Waals surface area contributed by atoms with E-state index in [1.807, 2.05) is 36.4 Å². The predicted octanol–water partition coefficient (Wildman–Crippen LogP) is 4.20. The second kappa shape index (κ2) is 7.98. The molecule has 0 aliphatic carbocycles. The third-order valence-electron chi connectivity index (χ3n) is 4.82. The zero-order valence-corrected chi connectivity index (χ0v) is 16.8. The van der Waals surface area contributed by atoms with Crippen molar-refractivity contribution in [2.24, 2.45) is 0 Å². The van der Waals surface area contributed by atoms with Crippen LogP contribution in [0.1, 0.15) is 36.7 Å². The maximum Gasteiger partial charge on any atom is 0.258 e. The molecule has 0 unspecified atom stereocenters. The number of nitrogens with zero attached hydrogens (tertiary/aromatic N) is 1. The Morgan fingerprint density at radius 3 is 2.39 bits per heavy atom. The SMILES string of the molecule is COCCn1ccc2c(NC(=O)c3ccc(C(C)(C)C)cc3)cccc2c1=O. The lowest BCUT2D eigenvalue weighted by atomic mass is 9.87. The van der Waals surface area contributed by atoms with Crippen molar-refractivity contribution >= 4 is 22.4 Å². The number of rotatable bonds is 5. The number of nitrogens with one attached hydrogen (secondary N) is 1. The van der Waals surface area contributed by atoms with Gasteiger partial charge >= 0.3 is 0 Å². The summed E-state index contributed by atoms with van der Waals surface area (Å²) in [7, 11) is 1.60. The minimum Gasteiger partial charge on any atom is -0.383 e. The van der Waals surface area contributed by atoms with Gasteiger partial charge in [0.1, 0.15) is 0 Å². The minimum atomic E-state index is -0.198. The summed E-state index contributed by atoms with van der Waals surface area (Å²) < 4.78 is 6.66. The highest BCUT2D eigenvalue weighted by Gasteiger charge is 2.15. The summed E-state index contributed by atoms with van der Waals surface area (Å²) in [6.45, 7) is 7.36. The van der Waals surface area contributed by atoms with Crippen LogP contribution in [0.4, 0.5) is 5.69 Å². The number of aromatic nitrogens is 1. The molecule has 1 amide bonds. The van der Waals surface area contributed by atoms with Crippen LogP contribution < -0.4 is 10.9 Å². The van der Waals surface area contributed by atoms with E-state index in [2.05, 4.69) is 26.1 Å². The number of fused-ring (bicyclic) bond motifs is 1. The Hall–Kier alpha value is -2.92. The summed E-state index contributed by atoms with van der Waals surface area (Å²) >= 11 is 0. The number of pyridine rings is 1. The molecule has 3 aromatic rings. The number of methoxy groups -OCH3 is 1. The van der Waals surface area contributed by atoms with Crippen molar-refractivity contribution in [2.45, 2.75) is 32.7 Å². The van der Waals surface area contributed by atoms with Gasteiger partial charge in [0.15, 0.2) is 0 Å². The molecule has 0 radical (unpaired) electrons. The molecule has 0 aliphatic heterocycles. The number of hydrogen-bond acceptors (Lipinski definition) is 3. The van der Waals surface area contributed by atoms with Crippen LogP contribution in [0.25, 0.3) is 10.8 Å². The van der Waals surface area contributed by atoms with E-state index in [9.17, 15) is 9.59 Å². The molecule has 1 heterocycles. The van der Waals surface area contributed by atoms with Crippen molar-refractivity contribution in [3.8, 4) is 0 Å². The number of amides is 1. The Labute approximate surface area is 165 Å². The molecule has 1 N–H and O–H groups in total. The molecule has 2 aromatic carbocycles. The fourth-order valence-electron chi connectivity index (χ4n) is 3.11. The van der Waals surface area contributed by atoms with Crippen molar-refractivity contribution in [1.82, 2.24) is 4.57 Å². The van der Waals surface area contributed by atoms with Crippen LogP contribution in [0.15, 0.2) is 59.5 Å². The van der Waals surface area contributed by atoms with Gasteiger partial charge in [0.2, 0.25) is 0 Å². The summed E-state index contributed by atoms with van der Waals surface area (Å²) in [6.07, 6.45) is 1.73. The standard InChI is InChI=1S/C23H26N2O3/c1-23(2,3)17-10-8-16(9-11-17)21(26)24-20-7-5-6-19-18(20)12-13-25(22(19)27)14-15-28-4/h5-13H,14-15H2,1-4H3,(H,24,26). The number of anilines is 1. The summed E-state index contributed by atoms with van der Waals surface area (Å²) in [5.41, 5.74) is 2.32. The molecule has 0 saturated heterocycles. The second-order valence-corrected chi connectivity index (χ2v) is 7.86. The van der Waals surface area contributed by atoms with Gasteiger partial charge in [-0.3, -0.25) is 9.59 Å². The third-order valence-corrected chi connectivity index (χ3v) is 4.82. The van der Waals surface area contributed by atoms with E-state index in [4.69, 9.17) is 4.74 Å². The van der Waals surface area contributed by atoms with Crippen LogP contribution in [0.3, 0.4) is 0 Å². The molecule has 1 aromatic heterocycles.